The number of sulfone groups is 1. The summed E-state index contributed by atoms with van der Waals surface area (Å²) in [5, 5.41) is 2.52. The minimum Gasteiger partial charge on any atom is -0.377 e. The molecule has 1 aromatic carbocycles. The van der Waals surface area contributed by atoms with Crippen molar-refractivity contribution in [2.24, 2.45) is 5.73 Å². The minimum absolute atomic E-state index is 0.0434. The van der Waals surface area contributed by atoms with Crippen LogP contribution >= 0.6 is 0 Å². The van der Waals surface area contributed by atoms with E-state index in [9.17, 15) is 18.0 Å². The summed E-state index contributed by atoms with van der Waals surface area (Å²) in [5.74, 6) is 0.278. The van der Waals surface area contributed by atoms with Crippen LogP contribution in [0.2, 0.25) is 0 Å². The Bertz CT molecular complexity index is 1220. The molecule has 1 saturated carbocycles. The molecule has 2 heterocycles. The number of carbonyl (C=O) groups is 2. The lowest BCUT2D eigenvalue weighted by atomic mass is 10.1. The quantitative estimate of drug-likeness (QED) is 0.509. The molecule has 0 radical (unpaired) electrons. The van der Waals surface area contributed by atoms with Gasteiger partial charge in [-0.2, -0.15) is 0 Å². The molecule has 2 aliphatic rings. The first-order chi connectivity index (χ1) is 17.1. The molecule has 11 nitrogen and oxygen atoms in total. The number of benzene rings is 1. The number of aromatic nitrogens is 2. The number of anilines is 2. The summed E-state index contributed by atoms with van der Waals surface area (Å²) in [4.78, 5) is 36.0. The zero-order chi connectivity index (χ0) is 25.9. The van der Waals surface area contributed by atoms with Gasteiger partial charge in [-0.15, -0.1) is 0 Å². The summed E-state index contributed by atoms with van der Waals surface area (Å²) >= 11 is 0. The molecule has 1 atom stereocenters. The maximum absolute atomic E-state index is 12.7. The average Bonchev–Trinajstić information content (AvgIpc) is 3.64. The highest BCUT2D eigenvalue weighted by molar-refractivity contribution is 7.90. The first kappa shape index (κ1) is 25.8. The Morgan fingerprint density at radius 3 is 2.56 bits per heavy atom. The van der Waals surface area contributed by atoms with Crippen molar-refractivity contribution in [2.45, 2.75) is 44.5 Å². The SMILES string of the molecule is CC(=O)NCCS(=O)(=O)Cc1cc(N2CCOC[C@@H]2C)nc(-c2ccc(N(C(N)=O)C3CC3)cc2)n1. The lowest BCUT2D eigenvalue weighted by molar-refractivity contribution is -0.118. The Morgan fingerprint density at radius 1 is 1.22 bits per heavy atom. The molecule has 1 aliphatic heterocycles. The van der Waals surface area contributed by atoms with Crippen LogP contribution in [0.15, 0.2) is 30.3 Å². The van der Waals surface area contributed by atoms with E-state index in [0.29, 0.717) is 48.3 Å². The van der Waals surface area contributed by atoms with Crippen molar-refractivity contribution < 1.29 is 22.7 Å². The monoisotopic (exact) mass is 516 g/mol. The fourth-order valence-electron chi connectivity index (χ4n) is 4.20. The lowest BCUT2D eigenvalue weighted by Gasteiger charge is -2.34. The predicted octanol–water partition coefficient (Wildman–Crippen LogP) is 1.47. The summed E-state index contributed by atoms with van der Waals surface area (Å²) in [6.07, 6.45) is 1.85. The van der Waals surface area contributed by atoms with Crippen LogP contribution in [0.3, 0.4) is 0 Å². The number of urea groups is 1. The van der Waals surface area contributed by atoms with Crippen molar-refractivity contribution in [1.82, 2.24) is 15.3 Å². The fraction of sp³-hybridized carbons (Fsp3) is 0.500. The maximum Gasteiger partial charge on any atom is 0.319 e. The molecule has 0 bridgehead atoms. The summed E-state index contributed by atoms with van der Waals surface area (Å²) < 4.78 is 31.0. The number of carbonyl (C=O) groups excluding carboxylic acids is 2. The fourth-order valence-corrected chi connectivity index (χ4v) is 5.36. The van der Waals surface area contributed by atoms with Gasteiger partial charge in [0.25, 0.3) is 0 Å². The second-order valence-corrected chi connectivity index (χ2v) is 11.4. The number of ether oxygens (including phenoxy) is 1. The molecule has 1 saturated heterocycles. The van der Waals surface area contributed by atoms with E-state index in [1.54, 1.807) is 23.1 Å². The molecule has 3 N–H and O–H groups in total. The minimum atomic E-state index is -3.53. The number of nitrogens with zero attached hydrogens (tertiary/aromatic N) is 4. The lowest BCUT2D eigenvalue weighted by Crippen LogP contribution is -2.44. The van der Waals surface area contributed by atoms with E-state index < -0.39 is 15.9 Å². The topological polar surface area (TPSA) is 148 Å². The van der Waals surface area contributed by atoms with Crippen LogP contribution in [-0.4, -0.2) is 74.5 Å². The molecule has 3 amide bonds. The van der Waals surface area contributed by atoms with Gasteiger partial charge in [-0.1, -0.05) is 0 Å². The highest BCUT2D eigenvalue weighted by Crippen LogP contribution is 2.32. The van der Waals surface area contributed by atoms with Gasteiger partial charge >= 0.3 is 6.03 Å². The largest absolute Gasteiger partial charge is 0.377 e. The predicted molar refractivity (Wildman–Crippen MR) is 136 cm³/mol. The van der Waals surface area contributed by atoms with E-state index in [1.807, 2.05) is 19.1 Å². The first-order valence-electron chi connectivity index (χ1n) is 12.0. The Balaban J connectivity index is 1.64. The summed E-state index contributed by atoms with van der Waals surface area (Å²) in [6, 6.07) is 8.63. The van der Waals surface area contributed by atoms with E-state index >= 15 is 0 Å². The van der Waals surface area contributed by atoms with Crippen molar-refractivity contribution in [3.8, 4) is 11.4 Å². The zero-order valence-corrected chi connectivity index (χ0v) is 21.3. The second kappa shape index (κ2) is 10.8. The highest BCUT2D eigenvalue weighted by atomic mass is 32.2. The maximum atomic E-state index is 12.7. The van der Waals surface area contributed by atoms with Gasteiger partial charge in [0.15, 0.2) is 15.7 Å². The molecule has 1 aliphatic carbocycles. The van der Waals surface area contributed by atoms with Gasteiger partial charge in [-0.25, -0.2) is 23.2 Å². The summed E-state index contributed by atoms with van der Waals surface area (Å²) in [5.41, 5.74) is 7.34. The second-order valence-electron chi connectivity index (χ2n) is 9.22. The third kappa shape index (κ3) is 6.49. The van der Waals surface area contributed by atoms with Crippen LogP contribution < -0.4 is 20.9 Å². The average molecular weight is 517 g/mol. The summed E-state index contributed by atoms with van der Waals surface area (Å²) in [7, 11) is -3.53. The van der Waals surface area contributed by atoms with Crippen LogP contribution in [0.4, 0.5) is 16.3 Å². The van der Waals surface area contributed by atoms with E-state index in [0.717, 1.165) is 12.8 Å². The molecular formula is C24H32N6O5S. The van der Waals surface area contributed by atoms with Crippen LogP contribution in [0.25, 0.3) is 11.4 Å². The van der Waals surface area contributed by atoms with Crippen molar-refractivity contribution >= 4 is 33.3 Å². The van der Waals surface area contributed by atoms with Gasteiger partial charge in [-0.05, 0) is 44.0 Å². The van der Waals surface area contributed by atoms with Crippen LogP contribution in [0.1, 0.15) is 32.4 Å². The Labute approximate surface area is 210 Å². The van der Waals surface area contributed by atoms with Gasteiger partial charge in [0, 0.05) is 43.4 Å². The molecule has 36 heavy (non-hydrogen) atoms. The normalized spacial score (nSPS) is 18.1. The van der Waals surface area contributed by atoms with E-state index in [1.165, 1.54) is 6.92 Å². The molecule has 2 aromatic rings. The Morgan fingerprint density at radius 2 is 1.94 bits per heavy atom. The first-order valence-corrected chi connectivity index (χ1v) is 13.8. The number of morpholine rings is 1. The van der Waals surface area contributed by atoms with Gasteiger partial charge < -0.3 is 20.7 Å². The van der Waals surface area contributed by atoms with E-state index in [-0.39, 0.29) is 36.0 Å². The van der Waals surface area contributed by atoms with Gasteiger partial charge in [-0.3, -0.25) is 9.69 Å². The van der Waals surface area contributed by atoms with Gasteiger partial charge in [0.2, 0.25) is 5.91 Å². The van der Waals surface area contributed by atoms with Crippen LogP contribution in [0, 0.1) is 0 Å². The molecule has 1 aromatic heterocycles. The number of rotatable bonds is 9. The highest BCUT2D eigenvalue weighted by Gasteiger charge is 2.32. The van der Waals surface area contributed by atoms with Crippen molar-refractivity contribution in [3.63, 3.8) is 0 Å². The summed E-state index contributed by atoms with van der Waals surface area (Å²) in [6.45, 7) is 5.13. The number of nitrogens with two attached hydrogens (primary N) is 1. The van der Waals surface area contributed by atoms with E-state index in [2.05, 4.69) is 15.2 Å². The molecule has 2 fully saturated rings. The molecule has 0 spiro atoms. The number of nitrogens with one attached hydrogen (secondary N) is 1. The molecule has 4 rings (SSSR count). The Kier molecular flexibility index (Phi) is 7.74. The van der Waals surface area contributed by atoms with Crippen molar-refractivity contribution in [2.75, 3.05) is 41.9 Å². The standard InChI is InChI=1S/C24H32N6O5S/c1-16-14-35-11-10-29(16)22-13-19(15-36(33,34)12-9-26-17(2)31)27-23(28-22)18-3-5-20(6-4-18)30(24(25)32)21-7-8-21/h3-6,13,16,21H,7-12,14-15H2,1-2H3,(H2,25,32)(H,26,31)/t16-/m0/s1. The molecule has 194 valence electrons. The third-order valence-electron chi connectivity index (χ3n) is 6.14. The number of primary amides is 1. The molecular weight excluding hydrogens is 484 g/mol. The Hall–Kier alpha value is -3.25. The van der Waals surface area contributed by atoms with E-state index in [4.69, 9.17) is 15.5 Å². The number of hydrogen-bond donors (Lipinski definition) is 2. The van der Waals surface area contributed by atoms with Gasteiger partial charge in [0.05, 0.1) is 36.5 Å². The molecule has 0 unspecified atom stereocenters. The number of amides is 3. The zero-order valence-electron chi connectivity index (χ0n) is 20.5. The third-order valence-corrected chi connectivity index (χ3v) is 7.70. The smallest absolute Gasteiger partial charge is 0.319 e. The van der Waals surface area contributed by atoms with Crippen LogP contribution in [-0.2, 0) is 25.1 Å². The van der Waals surface area contributed by atoms with Crippen molar-refractivity contribution in [1.29, 1.82) is 0 Å². The van der Waals surface area contributed by atoms with Crippen LogP contribution in [0.5, 0.6) is 0 Å². The van der Waals surface area contributed by atoms with Gasteiger partial charge in [0.1, 0.15) is 5.82 Å². The molecule has 12 heteroatoms. The number of hydrogen-bond acceptors (Lipinski definition) is 8. The van der Waals surface area contributed by atoms with Crippen molar-refractivity contribution in [3.05, 3.63) is 36.0 Å².